The zero-order chi connectivity index (χ0) is 37.7. The third-order valence-corrected chi connectivity index (χ3v) is 11.6. The standard InChI is InChI=1S/C56H37N/c1-2-11-38(12-3-1)43-15-10-16-49(36-43)57(48-32-27-41(28-33-48)55-37-45-14-5-6-17-50(45)53-19-8-9-20-54(53)55)47-30-25-39(26-31-47)44-29-34-52-46(35-44)24-23-42-22-21-40-13-4-7-18-51(40)56(42)52/h1-37H. The summed E-state index contributed by atoms with van der Waals surface area (Å²) in [5.41, 5.74) is 10.5. The zero-order valence-corrected chi connectivity index (χ0v) is 31.3. The first-order valence-corrected chi connectivity index (χ1v) is 19.7. The number of nitrogens with zero attached hydrogens (tertiary/aromatic N) is 1. The van der Waals surface area contributed by atoms with Crippen LogP contribution in [0.15, 0.2) is 224 Å². The minimum absolute atomic E-state index is 1.10. The number of fused-ring (bicyclic) bond motifs is 8. The van der Waals surface area contributed by atoms with E-state index in [4.69, 9.17) is 0 Å². The number of rotatable bonds is 6. The minimum Gasteiger partial charge on any atom is -0.310 e. The van der Waals surface area contributed by atoms with Crippen LogP contribution in [0.1, 0.15) is 0 Å². The van der Waals surface area contributed by atoms with Gasteiger partial charge in [-0.15, -0.1) is 0 Å². The second kappa shape index (κ2) is 13.7. The zero-order valence-electron chi connectivity index (χ0n) is 31.3. The van der Waals surface area contributed by atoms with E-state index in [1.807, 2.05) is 0 Å². The summed E-state index contributed by atoms with van der Waals surface area (Å²) in [6.07, 6.45) is 0. The Bertz CT molecular complexity index is 3270. The monoisotopic (exact) mass is 723 g/mol. The highest BCUT2D eigenvalue weighted by molar-refractivity contribution is 6.20. The predicted octanol–water partition coefficient (Wildman–Crippen LogP) is 15.9. The molecular weight excluding hydrogens is 687 g/mol. The first-order valence-electron chi connectivity index (χ1n) is 19.7. The van der Waals surface area contributed by atoms with Gasteiger partial charge in [0.25, 0.3) is 0 Å². The molecule has 0 aliphatic carbocycles. The van der Waals surface area contributed by atoms with Crippen molar-refractivity contribution in [2.75, 3.05) is 4.90 Å². The van der Waals surface area contributed by atoms with Crippen molar-refractivity contribution in [3.63, 3.8) is 0 Å². The van der Waals surface area contributed by atoms with Crippen LogP contribution in [0.2, 0.25) is 0 Å². The summed E-state index contributed by atoms with van der Waals surface area (Å²) in [4.78, 5) is 2.37. The first-order chi connectivity index (χ1) is 28.2. The van der Waals surface area contributed by atoms with Crippen LogP contribution in [-0.2, 0) is 0 Å². The predicted molar refractivity (Wildman–Crippen MR) is 245 cm³/mol. The Morgan fingerprint density at radius 2 is 0.737 bits per heavy atom. The van der Waals surface area contributed by atoms with Crippen molar-refractivity contribution in [3.05, 3.63) is 224 Å². The van der Waals surface area contributed by atoms with Gasteiger partial charge in [0.15, 0.2) is 0 Å². The van der Waals surface area contributed by atoms with Gasteiger partial charge >= 0.3 is 0 Å². The molecule has 0 bridgehead atoms. The van der Waals surface area contributed by atoms with Gasteiger partial charge in [-0.05, 0) is 136 Å². The molecule has 0 heterocycles. The van der Waals surface area contributed by atoms with E-state index < -0.39 is 0 Å². The maximum Gasteiger partial charge on any atom is 0.0467 e. The Morgan fingerprint density at radius 3 is 1.51 bits per heavy atom. The number of hydrogen-bond acceptors (Lipinski definition) is 1. The van der Waals surface area contributed by atoms with Gasteiger partial charge in [0, 0.05) is 17.1 Å². The largest absolute Gasteiger partial charge is 0.310 e. The van der Waals surface area contributed by atoms with Crippen LogP contribution in [0.3, 0.4) is 0 Å². The fourth-order valence-electron chi connectivity index (χ4n) is 8.80. The van der Waals surface area contributed by atoms with Gasteiger partial charge in [-0.3, -0.25) is 0 Å². The molecule has 1 nitrogen and oxygen atoms in total. The second-order valence-corrected chi connectivity index (χ2v) is 14.9. The molecular formula is C56H37N. The van der Waals surface area contributed by atoms with Crippen molar-refractivity contribution >= 4 is 70.9 Å². The van der Waals surface area contributed by atoms with E-state index in [9.17, 15) is 0 Å². The molecule has 0 unspecified atom stereocenters. The molecule has 0 amide bonds. The number of anilines is 3. The molecule has 0 aliphatic rings. The summed E-state index contributed by atoms with van der Waals surface area (Å²) in [6, 6.07) is 82.0. The second-order valence-electron chi connectivity index (χ2n) is 14.9. The van der Waals surface area contributed by atoms with Crippen molar-refractivity contribution in [1.29, 1.82) is 0 Å². The van der Waals surface area contributed by atoms with Crippen molar-refractivity contribution in [2.24, 2.45) is 0 Å². The first kappa shape index (κ1) is 32.9. The number of hydrogen-bond donors (Lipinski definition) is 0. The third kappa shape index (κ3) is 5.80. The lowest BCUT2D eigenvalue weighted by Gasteiger charge is -2.26. The van der Waals surface area contributed by atoms with Crippen LogP contribution >= 0.6 is 0 Å². The van der Waals surface area contributed by atoms with Gasteiger partial charge in [-0.25, -0.2) is 0 Å². The molecule has 11 aromatic rings. The molecule has 0 atom stereocenters. The molecule has 11 rings (SSSR count). The maximum absolute atomic E-state index is 2.37. The van der Waals surface area contributed by atoms with Crippen LogP contribution in [0, 0.1) is 0 Å². The van der Waals surface area contributed by atoms with Crippen LogP contribution in [0.25, 0.3) is 87.2 Å². The van der Waals surface area contributed by atoms with Crippen molar-refractivity contribution in [3.8, 4) is 33.4 Å². The van der Waals surface area contributed by atoms with Crippen LogP contribution < -0.4 is 4.90 Å². The molecule has 1 heteroatoms. The van der Waals surface area contributed by atoms with E-state index in [0.717, 1.165) is 17.1 Å². The summed E-state index contributed by atoms with van der Waals surface area (Å²) in [6.45, 7) is 0. The topological polar surface area (TPSA) is 3.24 Å². The molecule has 0 radical (unpaired) electrons. The lowest BCUT2D eigenvalue weighted by Crippen LogP contribution is -2.10. The van der Waals surface area contributed by atoms with Crippen LogP contribution in [0.5, 0.6) is 0 Å². The van der Waals surface area contributed by atoms with E-state index in [1.165, 1.54) is 87.2 Å². The van der Waals surface area contributed by atoms with E-state index in [2.05, 4.69) is 229 Å². The summed E-state index contributed by atoms with van der Waals surface area (Å²) in [5, 5.41) is 12.8. The van der Waals surface area contributed by atoms with Gasteiger partial charge in [-0.1, -0.05) is 176 Å². The van der Waals surface area contributed by atoms with Crippen molar-refractivity contribution in [2.45, 2.75) is 0 Å². The minimum atomic E-state index is 1.10. The lowest BCUT2D eigenvalue weighted by molar-refractivity contribution is 1.28. The molecule has 57 heavy (non-hydrogen) atoms. The summed E-state index contributed by atoms with van der Waals surface area (Å²) in [7, 11) is 0. The van der Waals surface area contributed by atoms with Gasteiger partial charge in [0.05, 0.1) is 0 Å². The average molecular weight is 724 g/mol. The number of benzene rings is 11. The fourth-order valence-corrected chi connectivity index (χ4v) is 8.80. The van der Waals surface area contributed by atoms with E-state index in [1.54, 1.807) is 0 Å². The SMILES string of the molecule is c1ccc(-c2cccc(N(c3ccc(-c4ccc5c(ccc6ccc7ccccc7c65)c4)cc3)c3ccc(-c4cc5ccccc5c5ccccc45)cc3)c2)cc1. The Kier molecular flexibility index (Phi) is 7.89. The summed E-state index contributed by atoms with van der Waals surface area (Å²) >= 11 is 0. The molecule has 0 saturated heterocycles. The van der Waals surface area contributed by atoms with E-state index in [-0.39, 0.29) is 0 Å². The van der Waals surface area contributed by atoms with Gasteiger partial charge in [-0.2, -0.15) is 0 Å². The lowest BCUT2D eigenvalue weighted by atomic mass is 9.93. The van der Waals surface area contributed by atoms with Crippen molar-refractivity contribution < 1.29 is 0 Å². The maximum atomic E-state index is 2.37. The molecule has 0 fully saturated rings. The fraction of sp³-hybridized carbons (Fsp3) is 0. The molecule has 0 aliphatic heterocycles. The average Bonchev–Trinajstić information content (AvgIpc) is 3.29. The van der Waals surface area contributed by atoms with E-state index in [0.29, 0.717) is 0 Å². The third-order valence-electron chi connectivity index (χ3n) is 11.6. The highest BCUT2D eigenvalue weighted by Gasteiger charge is 2.16. The highest BCUT2D eigenvalue weighted by Crippen LogP contribution is 2.41. The Morgan fingerprint density at radius 1 is 0.228 bits per heavy atom. The molecule has 0 aromatic heterocycles. The molecule has 266 valence electrons. The quantitative estimate of drug-likeness (QED) is 0.154. The molecule has 0 spiro atoms. The van der Waals surface area contributed by atoms with Gasteiger partial charge < -0.3 is 4.90 Å². The Labute approximate surface area is 332 Å². The molecule has 0 saturated carbocycles. The smallest absolute Gasteiger partial charge is 0.0467 e. The highest BCUT2D eigenvalue weighted by atomic mass is 15.1. The van der Waals surface area contributed by atoms with Crippen LogP contribution in [0.4, 0.5) is 17.1 Å². The van der Waals surface area contributed by atoms with Crippen molar-refractivity contribution in [1.82, 2.24) is 0 Å². The summed E-state index contributed by atoms with van der Waals surface area (Å²) in [5.74, 6) is 0. The van der Waals surface area contributed by atoms with Gasteiger partial charge in [0.2, 0.25) is 0 Å². The van der Waals surface area contributed by atoms with Gasteiger partial charge in [0.1, 0.15) is 0 Å². The molecule has 0 N–H and O–H groups in total. The molecule has 11 aromatic carbocycles. The normalized spacial score (nSPS) is 11.5. The Hall–Kier alpha value is -7.48. The summed E-state index contributed by atoms with van der Waals surface area (Å²) < 4.78 is 0. The Balaban J connectivity index is 0.999. The van der Waals surface area contributed by atoms with Crippen LogP contribution in [-0.4, -0.2) is 0 Å². The van der Waals surface area contributed by atoms with E-state index >= 15 is 0 Å².